The molecule has 9 heteroatoms. The number of rotatable bonds is 14. The third-order valence-corrected chi connectivity index (χ3v) is 14.1. The van der Waals surface area contributed by atoms with Gasteiger partial charge in [-0.15, -0.1) is 0 Å². The minimum absolute atomic E-state index is 0.0432. The van der Waals surface area contributed by atoms with Crippen molar-refractivity contribution in [1.29, 1.82) is 0 Å². The van der Waals surface area contributed by atoms with Crippen molar-refractivity contribution in [2.24, 2.45) is 23.7 Å². The highest BCUT2D eigenvalue weighted by Crippen LogP contribution is 2.41. The molecule has 0 radical (unpaired) electrons. The molecule has 9 nitrogen and oxygen atoms in total. The number of nitrogens with one attached hydrogen (secondary N) is 3. The zero-order chi connectivity index (χ0) is 46.0. The van der Waals surface area contributed by atoms with Gasteiger partial charge in [0, 0.05) is 70.2 Å². The SMILES string of the molecule is CC1(C)CC(OC(=O)CC(CC(=O)OC2CC(C)(C)NC(C)(C)C2Cc2ccccc2)C(=O)OC2CC(C)(C)NC(C)(C)C2Cc2ccccc2)C(Cc2ccccc2)C(C)(C)N1. The van der Waals surface area contributed by atoms with E-state index in [0.717, 1.165) is 16.7 Å². The Morgan fingerprint density at radius 2 is 0.730 bits per heavy atom. The predicted molar refractivity (Wildman–Crippen MR) is 251 cm³/mol. The summed E-state index contributed by atoms with van der Waals surface area (Å²) in [6.45, 7) is 25.8. The van der Waals surface area contributed by atoms with Crippen LogP contribution in [0.5, 0.6) is 0 Å². The van der Waals surface area contributed by atoms with E-state index in [0.29, 0.717) is 38.5 Å². The first-order valence-electron chi connectivity index (χ1n) is 23.4. The lowest BCUT2D eigenvalue weighted by molar-refractivity contribution is -0.175. The number of carbonyl (C=O) groups excluding carboxylic acids is 3. The Labute approximate surface area is 378 Å². The van der Waals surface area contributed by atoms with Crippen LogP contribution in [0.4, 0.5) is 0 Å². The largest absolute Gasteiger partial charge is 0.462 e. The van der Waals surface area contributed by atoms with Gasteiger partial charge in [-0.2, -0.15) is 0 Å². The number of benzene rings is 3. The molecule has 3 aliphatic heterocycles. The molecule has 0 saturated carbocycles. The Balaban J connectivity index is 1.28. The molecule has 0 aliphatic carbocycles. The zero-order valence-electron chi connectivity index (χ0n) is 40.3. The molecule has 6 unspecified atom stereocenters. The molecule has 63 heavy (non-hydrogen) atoms. The molecule has 3 heterocycles. The van der Waals surface area contributed by atoms with Gasteiger partial charge in [0.25, 0.3) is 0 Å². The van der Waals surface area contributed by atoms with Crippen molar-refractivity contribution >= 4 is 17.9 Å². The van der Waals surface area contributed by atoms with Gasteiger partial charge in [0.2, 0.25) is 0 Å². The lowest BCUT2D eigenvalue weighted by Gasteiger charge is -2.52. The van der Waals surface area contributed by atoms with Gasteiger partial charge in [-0.1, -0.05) is 91.0 Å². The number of hydrogen-bond acceptors (Lipinski definition) is 9. The van der Waals surface area contributed by atoms with Crippen LogP contribution in [0.1, 0.15) is 132 Å². The van der Waals surface area contributed by atoms with E-state index in [2.05, 4.69) is 135 Å². The summed E-state index contributed by atoms with van der Waals surface area (Å²) in [6, 6.07) is 30.8. The first-order valence-corrected chi connectivity index (χ1v) is 23.4. The topological polar surface area (TPSA) is 115 Å². The number of piperidine rings is 3. The number of esters is 3. The van der Waals surface area contributed by atoms with Crippen LogP contribution in [-0.2, 0) is 47.9 Å². The van der Waals surface area contributed by atoms with Crippen LogP contribution < -0.4 is 16.0 Å². The first kappa shape index (κ1) is 48.4. The van der Waals surface area contributed by atoms with E-state index < -0.39 is 42.1 Å². The van der Waals surface area contributed by atoms with Crippen LogP contribution in [0.2, 0.25) is 0 Å². The molecule has 3 aromatic carbocycles. The van der Waals surface area contributed by atoms with Crippen molar-refractivity contribution in [2.45, 2.75) is 186 Å². The fraction of sp³-hybridized carbons (Fsp3) is 0.611. The third-order valence-electron chi connectivity index (χ3n) is 14.1. The summed E-state index contributed by atoms with van der Waals surface area (Å²) in [4.78, 5) is 43.7. The molecule has 3 fully saturated rings. The first-order chi connectivity index (χ1) is 29.3. The molecule has 0 amide bonds. The van der Waals surface area contributed by atoms with E-state index in [4.69, 9.17) is 14.2 Å². The Morgan fingerprint density at radius 3 is 1.02 bits per heavy atom. The van der Waals surface area contributed by atoms with Gasteiger partial charge < -0.3 is 30.2 Å². The molecule has 0 spiro atoms. The Kier molecular flexibility index (Phi) is 14.5. The maximum atomic E-state index is 14.8. The number of hydrogen-bond donors (Lipinski definition) is 3. The zero-order valence-corrected chi connectivity index (χ0v) is 40.3. The van der Waals surface area contributed by atoms with Gasteiger partial charge in [-0.25, -0.2) is 0 Å². The molecule has 3 aliphatic rings. The summed E-state index contributed by atoms with van der Waals surface area (Å²) in [7, 11) is 0. The highest BCUT2D eigenvalue weighted by Gasteiger charge is 2.51. The molecule has 3 N–H and O–H groups in total. The van der Waals surface area contributed by atoms with E-state index >= 15 is 0 Å². The molecule has 3 saturated heterocycles. The van der Waals surface area contributed by atoms with Gasteiger partial charge in [-0.05, 0) is 119 Å². The summed E-state index contributed by atoms with van der Waals surface area (Å²) in [6.07, 6.45) is 1.97. The predicted octanol–water partition coefficient (Wildman–Crippen LogP) is 9.35. The van der Waals surface area contributed by atoms with Crippen LogP contribution in [0.25, 0.3) is 0 Å². The summed E-state index contributed by atoms with van der Waals surface area (Å²) < 4.78 is 19.6. The Bertz CT molecular complexity index is 1910. The van der Waals surface area contributed by atoms with Crippen LogP contribution >= 0.6 is 0 Å². The second kappa shape index (κ2) is 18.8. The van der Waals surface area contributed by atoms with Gasteiger partial charge in [0.05, 0.1) is 18.8 Å². The lowest BCUT2D eigenvalue weighted by Crippen LogP contribution is -2.66. The average molecular weight is 864 g/mol. The summed E-state index contributed by atoms with van der Waals surface area (Å²) >= 11 is 0. The fourth-order valence-electron chi connectivity index (χ4n) is 11.8. The van der Waals surface area contributed by atoms with Crippen molar-refractivity contribution in [1.82, 2.24) is 16.0 Å². The minimum Gasteiger partial charge on any atom is -0.462 e. The van der Waals surface area contributed by atoms with Gasteiger partial charge in [-0.3, -0.25) is 14.4 Å². The lowest BCUT2D eigenvalue weighted by atomic mass is 9.70. The van der Waals surface area contributed by atoms with E-state index in [9.17, 15) is 14.4 Å². The maximum absolute atomic E-state index is 14.8. The standard InChI is InChI=1S/C54H77N3O6/c1-49(2)33-43(40(52(7,8)55-49)28-36-22-16-13-17-23-36)61-46(58)31-39(48(60)63-45-35-51(5,6)57-54(11,12)42(45)30-38-26-20-15-21-27-38)32-47(59)62-44-34-50(3,4)56-53(9,10)41(44)29-37-24-18-14-19-25-37/h13-27,39-45,55-57H,28-35H2,1-12H3. The average Bonchev–Trinajstić information content (AvgIpc) is 3.15. The van der Waals surface area contributed by atoms with Crippen molar-refractivity contribution in [3.63, 3.8) is 0 Å². The molecule has 3 aromatic rings. The van der Waals surface area contributed by atoms with Crippen LogP contribution in [0.15, 0.2) is 91.0 Å². The van der Waals surface area contributed by atoms with Crippen molar-refractivity contribution < 1.29 is 28.6 Å². The molecule has 0 aromatic heterocycles. The fourth-order valence-corrected chi connectivity index (χ4v) is 11.8. The van der Waals surface area contributed by atoms with E-state index in [-0.39, 0.29) is 63.8 Å². The summed E-state index contributed by atoms with van der Waals surface area (Å²) in [5.74, 6) is -2.87. The summed E-state index contributed by atoms with van der Waals surface area (Å²) in [5, 5.41) is 11.4. The maximum Gasteiger partial charge on any atom is 0.310 e. The third kappa shape index (κ3) is 12.8. The smallest absolute Gasteiger partial charge is 0.310 e. The normalized spacial score (nSPS) is 28.2. The Morgan fingerprint density at radius 1 is 0.460 bits per heavy atom. The van der Waals surface area contributed by atoms with Gasteiger partial charge in [0.15, 0.2) is 0 Å². The van der Waals surface area contributed by atoms with E-state index in [1.54, 1.807) is 0 Å². The molecule has 344 valence electrons. The van der Waals surface area contributed by atoms with Crippen LogP contribution in [0, 0.1) is 23.7 Å². The van der Waals surface area contributed by atoms with Crippen molar-refractivity contribution in [3.8, 4) is 0 Å². The van der Waals surface area contributed by atoms with E-state index in [1.165, 1.54) is 0 Å². The van der Waals surface area contributed by atoms with Crippen LogP contribution in [0.3, 0.4) is 0 Å². The van der Waals surface area contributed by atoms with Gasteiger partial charge in [0.1, 0.15) is 18.3 Å². The van der Waals surface area contributed by atoms with E-state index in [1.807, 2.05) is 54.6 Å². The van der Waals surface area contributed by atoms with Crippen LogP contribution in [-0.4, -0.2) is 69.5 Å². The monoisotopic (exact) mass is 864 g/mol. The summed E-state index contributed by atoms with van der Waals surface area (Å²) in [5.41, 5.74) is 1.42. The quantitative estimate of drug-likeness (QED) is 0.108. The molecular formula is C54H77N3O6. The highest BCUT2D eigenvalue weighted by molar-refractivity contribution is 5.84. The molecule has 0 bridgehead atoms. The van der Waals surface area contributed by atoms with Crippen molar-refractivity contribution in [3.05, 3.63) is 108 Å². The second-order valence-electron chi connectivity index (χ2n) is 22.8. The van der Waals surface area contributed by atoms with Crippen molar-refractivity contribution in [2.75, 3.05) is 0 Å². The number of ether oxygens (including phenoxy) is 3. The molecule has 6 atom stereocenters. The highest BCUT2D eigenvalue weighted by atomic mass is 16.6. The molecule has 6 rings (SSSR count). The Hall–Kier alpha value is -4.05. The minimum atomic E-state index is -1.10. The molecular weight excluding hydrogens is 787 g/mol. The van der Waals surface area contributed by atoms with Gasteiger partial charge >= 0.3 is 17.9 Å². The second-order valence-corrected chi connectivity index (χ2v) is 22.8. The number of carbonyl (C=O) groups is 3.